The van der Waals surface area contributed by atoms with E-state index in [1.165, 1.54) is 0 Å². The van der Waals surface area contributed by atoms with Gasteiger partial charge in [-0.15, -0.1) is 0 Å². The molecule has 0 atom stereocenters. The summed E-state index contributed by atoms with van der Waals surface area (Å²) in [6, 6.07) is 11.9. The summed E-state index contributed by atoms with van der Waals surface area (Å²) in [7, 11) is 1.90. The van der Waals surface area contributed by atoms with E-state index in [2.05, 4.69) is 21.5 Å². The fraction of sp³-hybridized carbons (Fsp3) is 0.133. The maximum atomic E-state index is 9.24. The molecule has 20 heavy (non-hydrogen) atoms. The normalized spacial score (nSPS) is 10.4. The zero-order valence-corrected chi connectivity index (χ0v) is 11.0. The summed E-state index contributed by atoms with van der Waals surface area (Å²) in [5, 5.41) is 17.7. The molecular formula is C15H13N5. The first-order chi connectivity index (χ1) is 9.79. The first-order valence-electron chi connectivity index (χ1n) is 6.28. The largest absolute Gasteiger partial charge is 0.378 e. The number of aromatic nitrogens is 3. The van der Waals surface area contributed by atoms with E-state index in [1.54, 1.807) is 12.4 Å². The molecule has 2 aromatic heterocycles. The van der Waals surface area contributed by atoms with Gasteiger partial charge in [0.25, 0.3) is 0 Å². The topological polar surface area (TPSA) is 66.5 Å². The number of nitrogens with zero attached hydrogens (tertiary/aromatic N) is 4. The summed E-state index contributed by atoms with van der Waals surface area (Å²) in [4.78, 5) is 4.30. The van der Waals surface area contributed by atoms with Gasteiger partial charge in [0.15, 0.2) is 0 Å². The maximum Gasteiger partial charge on any atom is 0.103 e. The van der Waals surface area contributed by atoms with Crippen molar-refractivity contribution in [3.8, 4) is 6.07 Å². The van der Waals surface area contributed by atoms with E-state index in [4.69, 9.17) is 0 Å². The summed E-state index contributed by atoms with van der Waals surface area (Å²) in [6.45, 7) is 0.610. The van der Waals surface area contributed by atoms with Crippen molar-refractivity contribution in [2.45, 2.75) is 6.54 Å². The summed E-state index contributed by atoms with van der Waals surface area (Å²) < 4.78 is 1.81. The van der Waals surface area contributed by atoms with E-state index in [1.807, 2.05) is 42.1 Å². The molecule has 0 aliphatic carbocycles. The van der Waals surface area contributed by atoms with Gasteiger partial charge in [-0.05, 0) is 12.1 Å². The van der Waals surface area contributed by atoms with Crippen LogP contribution in [-0.2, 0) is 13.6 Å². The average molecular weight is 263 g/mol. The Hall–Kier alpha value is -2.87. The number of hydrogen-bond donors (Lipinski definition) is 1. The molecule has 2 heterocycles. The van der Waals surface area contributed by atoms with Crippen LogP contribution in [0.2, 0.25) is 0 Å². The lowest BCUT2D eigenvalue weighted by Gasteiger charge is -2.11. The molecule has 0 saturated carbocycles. The van der Waals surface area contributed by atoms with E-state index in [0.29, 0.717) is 12.1 Å². The van der Waals surface area contributed by atoms with Crippen LogP contribution in [0.15, 0.2) is 42.7 Å². The van der Waals surface area contributed by atoms with Crippen LogP contribution in [0.4, 0.5) is 5.69 Å². The third-order valence-corrected chi connectivity index (χ3v) is 3.26. The van der Waals surface area contributed by atoms with E-state index >= 15 is 0 Å². The summed E-state index contributed by atoms with van der Waals surface area (Å²) >= 11 is 0. The molecule has 1 aromatic carbocycles. The quantitative estimate of drug-likeness (QED) is 0.788. The maximum absolute atomic E-state index is 9.24. The second-order valence-electron chi connectivity index (χ2n) is 4.48. The standard InChI is InChI=1S/C15H13N5/c1-20-12(6-7-19-20)10-18-15-11(8-16)9-17-14-5-3-2-4-13(14)15/h2-7,9H,10H2,1H3,(H,17,18). The molecule has 3 aromatic rings. The molecule has 0 amide bonds. The lowest BCUT2D eigenvalue weighted by Crippen LogP contribution is -2.07. The molecule has 0 fully saturated rings. The zero-order chi connectivity index (χ0) is 13.9. The van der Waals surface area contributed by atoms with Gasteiger partial charge in [-0.1, -0.05) is 18.2 Å². The second kappa shape index (κ2) is 5.02. The van der Waals surface area contributed by atoms with Crippen LogP contribution >= 0.6 is 0 Å². The molecule has 0 unspecified atom stereocenters. The third kappa shape index (κ3) is 2.08. The lowest BCUT2D eigenvalue weighted by molar-refractivity contribution is 0.720. The summed E-state index contributed by atoms with van der Waals surface area (Å²) in [6.07, 6.45) is 3.36. The van der Waals surface area contributed by atoms with E-state index in [0.717, 1.165) is 22.3 Å². The highest BCUT2D eigenvalue weighted by molar-refractivity contribution is 5.93. The average Bonchev–Trinajstić information content (AvgIpc) is 2.90. The van der Waals surface area contributed by atoms with Gasteiger partial charge in [0, 0.05) is 24.8 Å². The number of hydrogen-bond acceptors (Lipinski definition) is 4. The van der Waals surface area contributed by atoms with Gasteiger partial charge in [-0.25, -0.2) is 0 Å². The molecule has 98 valence electrons. The molecule has 3 rings (SSSR count). The number of nitriles is 1. The van der Waals surface area contributed by atoms with Crippen molar-refractivity contribution in [2.24, 2.45) is 7.05 Å². The minimum Gasteiger partial charge on any atom is -0.378 e. The molecule has 0 bridgehead atoms. The molecule has 0 radical (unpaired) electrons. The Morgan fingerprint density at radius 2 is 2.15 bits per heavy atom. The van der Waals surface area contributed by atoms with E-state index in [9.17, 15) is 5.26 Å². The minimum atomic E-state index is 0.547. The number of nitrogens with one attached hydrogen (secondary N) is 1. The Balaban J connectivity index is 2.01. The predicted octanol–water partition coefficient (Wildman–Crippen LogP) is 2.45. The van der Waals surface area contributed by atoms with Crippen LogP contribution < -0.4 is 5.32 Å². The number of aryl methyl sites for hydroxylation is 1. The van der Waals surface area contributed by atoms with Crippen molar-refractivity contribution >= 4 is 16.6 Å². The van der Waals surface area contributed by atoms with Crippen LogP contribution in [0.5, 0.6) is 0 Å². The van der Waals surface area contributed by atoms with Crippen molar-refractivity contribution in [3.63, 3.8) is 0 Å². The Bertz CT molecular complexity index is 797. The number of para-hydroxylation sites is 1. The van der Waals surface area contributed by atoms with Gasteiger partial charge in [-0.3, -0.25) is 9.67 Å². The van der Waals surface area contributed by atoms with Gasteiger partial charge < -0.3 is 5.32 Å². The molecule has 0 saturated heterocycles. The predicted molar refractivity (Wildman–Crippen MR) is 77.0 cm³/mol. The Morgan fingerprint density at radius 3 is 2.90 bits per heavy atom. The third-order valence-electron chi connectivity index (χ3n) is 3.26. The second-order valence-corrected chi connectivity index (χ2v) is 4.48. The highest BCUT2D eigenvalue weighted by atomic mass is 15.3. The molecule has 1 N–H and O–H groups in total. The first-order valence-corrected chi connectivity index (χ1v) is 6.28. The van der Waals surface area contributed by atoms with Gasteiger partial charge in [-0.2, -0.15) is 10.4 Å². The van der Waals surface area contributed by atoms with E-state index in [-0.39, 0.29) is 0 Å². The van der Waals surface area contributed by atoms with Crippen LogP contribution in [0.25, 0.3) is 10.9 Å². The SMILES string of the molecule is Cn1nccc1CNc1c(C#N)cnc2ccccc12. The van der Waals surface area contributed by atoms with Crippen molar-refractivity contribution in [1.82, 2.24) is 14.8 Å². The number of fused-ring (bicyclic) bond motifs is 1. The molecule has 0 spiro atoms. The molecule has 5 heteroatoms. The smallest absolute Gasteiger partial charge is 0.103 e. The fourth-order valence-corrected chi connectivity index (χ4v) is 2.17. The van der Waals surface area contributed by atoms with Gasteiger partial charge in [0.1, 0.15) is 6.07 Å². The number of pyridine rings is 1. The van der Waals surface area contributed by atoms with Crippen LogP contribution in [0.3, 0.4) is 0 Å². The zero-order valence-electron chi connectivity index (χ0n) is 11.0. The minimum absolute atomic E-state index is 0.547. The molecule has 0 aliphatic rings. The first kappa shape index (κ1) is 12.2. The van der Waals surface area contributed by atoms with Crippen LogP contribution in [0.1, 0.15) is 11.3 Å². The van der Waals surface area contributed by atoms with Gasteiger partial charge >= 0.3 is 0 Å². The fourth-order valence-electron chi connectivity index (χ4n) is 2.17. The Labute approximate surface area is 116 Å². The van der Waals surface area contributed by atoms with Crippen LogP contribution in [-0.4, -0.2) is 14.8 Å². The molecule has 0 aliphatic heterocycles. The van der Waals surface area contributed by atoms with Crippen molar-refractivity contribution in [1.29, 1.82) is 5.26 Å². The number of rotatable bonds is 3. The Kier molecular flexibility index (Phi) is 3.05. The number of anilines is 1. The van der Waals surface area contributed by atoms with Gasteiger partial charge in [0.2, 0.25) is 0 Å². The van der Waals surface area contributed by atoms with Crippen molar-refractivity contribution in [3.05, 3.63) is 54.0 Å². The van der Waals surface area contributed by atoms with Crippen LogP contribution in [0, 0.1) is 11.3 Å². The van der Waals surface area contributed by atoms with Crippen molar-refractivity contribution < 1.29 is 0 Å². The summed E-state index contributed by atoms with van der Waals surface area (Å²) in [5.74, 6) is 0. The highest BCUT2D eigenvalue weighted by Gasteiger charge is 2.08. The Morgan fingerprint density at radius 1 is 1.30 bits per heavy atom. The monoisotopic (exact) mass is 263 g/mol. The molecular weight excluding hydrogens is 250 g/mol. The highest BCUT2D eigenvalue weighted by Crippen LogP contribution is 2.25. The van der Waals surface area contributed by atoms with Gasteiger partial charge in [0.05, 0.1) is 29.0 Å². The van der Waals surface area contributed by atoms with E-state index < -0.39 is 0 Å². The summed E-state index contributed by atoms with van der Waals surface area (Å²) in [5.41, 5.74) is 3.29. The number of benzene rings is 1. The van der Waals surface area contributed by atoms with Crippen molar-refractivity contribution in [2.75, 3.05) is 5.32 Å². The lowest BCUT2D eigenvalue weighted by atomic mass is 10.1. The molecule has 5 nitrogen and oxygen atoms in total.